The van der Waals surface area contributed by atoms with Gasteiger partial charge in [-0.3, -0.25) is 9.48 Å². The van der Waals surface area contributed by atoms with E-state index in [-0.39, 0.29) is 11.4 Å². The normalized spacial score (nSPS) is 22.4. The number of rotatable bonds is 6. The van der Waals surface area contributed by atoms with Crippen LogP contribution in [0.2, 0.25) is 0 Å². The van der Waals surface area contributed by atoms with Gasteiger partial charge in [0.05, 0.1) is 17.4 Å². The molecule has 1 aromatic heterocycles. The second-order valence-corrected chi connectivity index (χ2v) is 9.34. The quantitative estimate of drug-likeness (QED) is 0.780. The van der Waals surface area contributed by atoms with Crippen LogP contribution in [-0.2, 0) is 10.3 Å². The van der Waals surface area contributed by atoms with Gasteiger partial charge in [0.25, 0.3) is 5.91 Å². The molecule has 2 aliphatic rings. The van der Waals surface area contributed by atoms with E-state index in [9.17, 15) is 4.79 Å². The Morgan fingerprint density at radius 2 is 2.07 bits per heavy atom. The van der Waals surface area contributed by atoms with Crippen LogP contribution in [0.5, 0.6) is 0 Å². The van der Waals surface area contributed by atoms with Crippen LogP contribution in [0.1, 0.15) is 61.9 Å². The minimum absolute atomic E-state index is 0.0901. The highest BCUT2D eigenvalue weighted by molar-refractivity contribution is 6.04. The first-order valence-corrected chi connectivity index (χ1v) is 10.7. The number of nitrogens with zero attached hydrogens (tertiary/aromatic N) is 2. The van der Waals surface area contributed by atoms with Crippen LogP contribution in [-0.4, -0.2) is 41.5 Å². The minimum atomic E-state index is -0.110. The number of aromatic nitrogens is 2. The average Bonchev–Trinajstić information content (AvgIpc) is 3.34. The summed E-state index contributed by atoms with van der Waals surface area (Å²) in [7, 11) is 0. The number of anilines is 1. The third kappa shape index (κ3) is 5.06. The van der Waals surface area contributed by atoms with Gasteiger partial charge >= 0.3 is 0 Å². The first kappa shape index (κ1) is 20.1. The van der Waals surface area contributed by atoms with Crippen molar-refractivity contribution in [3.8, 4) is 0 Å². The van der Waals surface area contributed by atoms with E-state index >= 15 is 0 Å². The van der Waals surface area contributed by atoms with Gasteiger partial charge in [-0.15, -0.1) is 0 Å². The fraction of sp³-hybridized carbons (Fsp3) is 0.565. The molecule has 6 nitrogen and oxygen atoms in total. The summed E-state index contributed by atoms with van der Waals surface area (Å²) >= 11 is 0. The molecule has 0 bridgehead atoms. The van der Waals surface area contributed by atoms with Crippen LogP contribution in [0.4, 0.5) is 5.69 Å². The lowest BCUT2D eigenvalue weighted by Crippen LogP contribution is -2.29. The lowest BCUT2D eigenvalue weighted by Gasteiger charge is -2.22. The molecule has 2 aromatic rings. The summed E-state index contributed by atoms with van der Waals surface area (Å²) in [6.45, 7) is 9.10. The number of ether oxygens (including phenoxy) is 1. The van der Waals surface area contributed by atoms with Crippen molar-refractivity contribution in [1.82, 2.24) is 15.1 Å². The number of nitrogens with one attached hydrogen (secondary N) is 2. The van der Waals surface area contributed by atoms with Crippen LogP contribution in [0.3, 0.4) is 0 Å². The molecular formula is C23H32N4O2. The molecule has 0 radical (unpaired) electrons. The van der Waals surface area contributed by atoms with Gasteiger partial charge in [0.1, 0.15) is 0 Å². The maximum atomic E-state index is 12.7. The van der Waals surface area contributed by atoms with Crippen molar-refractivity contribution in [2.24, 2.45) is 5.92 Å². The number of carbonyl (C=O) groups excluding carboxylic acids is 1. The summed E-state index contributed by atoms with van der Waals surface area (Å²) < 4.78 is 7.30. The zero-order chi connectivity index (χ0) is 20.4. The largest absolute Gasteiger partial charge is 0.381 e. The number of amides is 1. The Morgan fingerprint density at radius 3 is 2.79 bits per heavy atom. The molecule has 1 saturated carbocycles. The van der Waals surface area contributed by atoms with Crippen molar-refractivity contribution in [2.75, 3.05) is 25.1 Å². The van der Waals surface area contributed by atoms with E-state index in [2.05, 4.69) is 42.6 Å². The van der Waals surface area contributed by atoms with Gasteiger partial charge < -0.3 is 15.4 Å². The fourth-order valence-corrected chi connectivity index (χ4v) is 3.93. The van der Waals surface area contributed by atoms with Crippen molar-refractivity contribution < 1.29 is 9.53 Å². The second-order valence-electron chi connectivity index (χ2n) is 9.34. The highest BCUT2D eigenvalue weighted by Crippen LogP contribution is 2.41. The monoisotopic (exact) mass is 396 g/mol. The summed E-state index contributed by atoms with van der Waals surface area (Å²) in [5, 5.41) is 11.0. The van der Waals surface area contributed by atoms with Crippen LogP contribution in [0.25, 0.3) is 0 Å². The van der Waals surface area contributed by atoms with Crippen LogP contribution >= 0.6 is 0 Å². The zero-order valence-electron chi connectivity index (χ0n) is 17.6. The van der Waals surface area contributed by atoms with Crippen molar-refractivity contribution >= 4 is 11.6 Å². The average molecular weight is 397 g/mol. The SMILES string of the molecule is CC(C)(C)n1cc(NC(=O)c2cccc([C@@H]3C[C@H]3NCC3CCOCC3)c2)cn1. The smallest absolute Gasteiger partial charge is 0.255 e. The Kier molecular flexibility index (Phi) is 5.74. The van der Waals surface area contributed by atoms with Gasteiger partial charge in [0, 0.05) is 36.9 Å². The van der Waals surface area contributed by atoms with Crippen LogP contribution in [0, 0.1) is 5.92 Å². The van der Waals surface area contributed by atoms with E-state index in [0.29, 0.717) is 17.5 Å². The number of hydrogen-bond donors (Lipinski definition) is 2. The highest BCUT2D eigenvalue weighted by Gasteiger charge is 2.38. The molecule has 0 unspecified atom stereocenters. The third-order valence-corrected chi connectivity index (χ3v) is 5.90. The predicted molar refractivity (Wildman–Crippen MR) is 114 cm³/mol. The number of hydrogen-bond acceptors (Lipinski definition) is 4. The molecule has 1 aromatic carbocycles. The summed E-state index contributed by atoms with van der Waals surface area (Å²) in [4.78, 5) is 12.7. The molecule has 1 amide bonds. The topological polar surface area (TPSA) is 68.2 Å². The van der Waals surface area contributed by atoms with Gasteiger partial charge in [-0.25, -0.2) is 0 Å². The summed E-state index contributed by atoms with van der Waals surface area (Å²) in [5.74, 6) is 1.15. The zero-order valence-corrected chi connectivity index (χ0v) is 17.6. The molecule has 2 atom stereocenters. The van der Waals surface area contributed by atoms with Crippen molar-refractivity contribution in [3.05, 3.63) is 47.8 Å². The third-order valence-electron chi connectivity index (χ3n) is 5.90. The molecule has 2 fully saturated rings. The summed E-state index contributed by atoms with van der Waals surface area (Å²) in [6, 6.07) is 8.55. The maximum Gasteiger partial charge on any atom is 0.255 e. The highest BCUT2D eigenvalue weighted by atomic mass is 16.5. The van der Waals surface area contributed by atoms with Gasteiger partial charge in [-0.1, -0.05) is 12.1 Å². The first-order chi connectivity index (χ1) is 13.9. The van der Waals surface area contributed by atoms with Crippen molar-refractivity contribution in [1.29, 1.82) is 0 Å². The van der Waals surface area contributed by atoms with E-state index in [1.54, 1.807) is 6.20 Å². The summed E-state index contributed by atoms with van der Waals surface area (Å²) in [5.41, 5.74) is 2.55. The lowest BCUT2D eigenvalue weighted by atomic mass is 10.0. The van der Waals surface area contributed by atoms with Crippen molar-refractivity contribution in [3.63, 3.8) is 0 Å². The molecule has 29 heavy (non-hydrogen) atoms. The predicted octanol–water partition coefficient (Wildman–Crippen LogP) is 3.76. The van der Waals surface area contributed by atoms with Crippen LogP contribution in [0.15, 0.2) is 36.7 Å². The molecule has 156 valence electrons. The Balaban J connectivity index is 1.32. The van der Waals surface area contributed by atoms with Gasteiger partial charge in [-0.05, 0) is 70.2 Å². The maximum absolute atomic E-state index is 12.7. The van der Waals surface area contributed by atoms with E-state index < -0.39 is 0 Å². The number of carbonyl (C=O) groups is 1. The fourth-order valence-electron chi connectivity index (χ4n) is 3.93. The Morgan fingerprint density at radius 1 is 1.28 bits per heavy atom. The van der Waals surface area contributed by atoms with Gasteiger partial charge in [-0.2, -0.15) is 5.10 Å². The summed E-state index contributed by atoms with van der Waals surface area (Å²) in [6.07, 6.45) is 7.04. The second kappa shape index (κ2) is 8.28. The van der Waals surface area contributed by atoms with Gasteiger partial charge in [0.2, 0.25) is 0 Å². The Bertz CT molecular complexity index is 849. The van der Waals surface area contributed by atoms with E-state index in [0.717, 1.165) is 50.6 Å². The molecular weight excluding hydrogens is 364 g/mol. The van der Waals surface area contributed by atoms with E-state index in [1.165, 1.54) is 5.56 Å². The van der Waals surface area contributed by atoms with Gasteiger partial charge in [0.15, 0.2) is 0 Å². The first-order valence-electron chi connectivity index (χ1n) is 10.7. The molecule has 2 N–H and O–H groups in total. The van der Waals surface area contributed by atoms with Crippen molar-refractivity contribution in [2.45, 2.75) is 57.5 Å². The molecule has 1 aliphatic carbocycles. The minimum Gasteiger partial charge on any atom is -0.381 e. The molecule has 2 heterocycles. The molecule has 1 saturated heterocycles. The molecule has 1 aliphatic heterocycles. The standard InChI is InChI=1S/C23H32N4O2/c1-23(2,3)27-15-19(14-25-27)26-22(28)18-6-4-5-17(11-18)20-12-21(20)24-13-16-7-9-29-10-8-16/h4-6,11,14-16,20-21,24H,7-10,12-13H2,1-3H3,(H,26,28)/t20-,21+/m0/s1. The molecule has 0 spiro atoms. The van der Waals surface area contributed by atoms with Crippen LogP contribution < -0.4 is 10.6 Å². The Hall–Kier alpha value is -2.18. The van der Waals surface area contributed by atoms with E-state index in [1.807, 2.05) is 29.1 Å². The molecule has 6 heteroatoms. The molecule has 4 rings (SSSR count). The Labute approximate surface area is 173 Å². The number of benzene rings is 1. The van der Waals surface area contributed by atoms with E-state index in [4.69, 9.17) is 4.74 Å². The lowest BCUT2D eigenvalue weighted by molar-refractivity contribution is 0.0662.